The quantitative estimate of drug-likeness (QED) is 0.862. The third-order valence-corrected chi connectivity index (χ3v) is 4.23. The second kappa shape index (κ2) is 5.57. The first kappa shape index (κ1) is 14.8. The van der Waals surface area contributed by atoms with Crippen molar-refractivity contribution in [2.75, 3.05) is 19.6 Å². The smallest absolute Gasteiger partial charge is 0.271 e. The van der Waals surface area contributed by atoms with Gasteiger partial charge in [0.2, 0.25) is 0 Å². The monoisotopic (exact) mass is 302 g/mol. The van der Waals surface area contributed by atoms with Crippen molar-refractivity contribution in [2.24, 2.45) is 7.05 Å². The number of carbonyl (C=O) groups is 1. The van der Waals surface area contributed by atoms with Gasteiger partial charge in [0.15, 0.2) is 0 Å². The van der Waals surface area contributed by atoms with Crippen molar-refractivity contribution in [3.05, 3.63) is 23.1 Å². The number of amides is 1. The Bertz CT molecular complexity index is 701. The van der Waals surface area contributed by atoms with Crippen LogP contribution in [0.15, 0.2) is 6.07 Å². The molecule has 1 fully saturated rings. The molecule has 22 heavy (non-hydrogen) atoms. The molecule has 1 aliphatic rings. The van der Waals surface area contributed by atoms with Gasteiger partial charge in [0, 0.05) is 44.0 Å². The zero-order valence-corrected chi connectivity index (χ0v) is 13.5. The standard InChI is InChI=1S/C15H22N6O/c1-9-8-21(6-5-16-9)15(22)13-7-12(17-18-13)14-10(2)19-20(4)11(14)3/h7,9,16H,5-6,8H2,1-4H3,(H,17,18). The number of nitrogens with one attached hydrogen (secondary N) is 2. The van der Waals surface area contributed by atoms with Crippen LogP contribution in [0.4, 0.5) is 0 Å². The molecular weight excluding hydrogens is 280 g/mol. The minimum absolute atomic E-state index is 0.00583. The number of H-pyrrole nitrogens is 1. The Morgan fingerprint density at radius 1 is 1.41 bits per heavy atom. The number of rotatable bonds is 2. The molecule has 7 heteroatoms. The highest BCUT2D eigenvalue weighted by Gasteiger charge is 2.24. The lowest BCUT2D eigenvalue weighted by atomic mass is 10.1. The van der Waals surface area contributed by atoms with Crippen LogP contribution in [-0.4, -0.2) is 56.5 Å². The van der Waals surface area contributed by atoms with Crippen LogP contribution in [0.2, 0.25) is 0 Å². The van der Waals surface area contributed by atoms with Crippen LogP contribution in [0.25, 0.3) is 11.3 Å². The Morgan fingerprint density at radius 2 is 2.18 bits per heavy atom. The van der Waals surface area contributed by atoms with E-state index in [4.69, 9.17) is 0 Å². The van der Waals surface area contributed by atoms with E-state index in [1.807, 2.05) is 36.5 Å². The number of aromatic amines is 1. The van der Waals surface area contributed by atoms with Crippen LogP contribution < -0.4 is 5.32 Å². The number of piperazine rings is 1. The molecule has 1 atom stereocenters. The van der Waals surface area contributed by atoms with Crippen LogP contribution in [0.1, 0.15) is 28.8 Å². The van der Waals surface area contributed by atoms with Gasteiger partial charge in [-0.05, 0) is 26.8 Å². The number of nitrogens with zero attached hydrogens (tertiary/aromatic N) is 4. The molecule has 1 aliphatic heterocycles. The summed E-state index contributed by atoms with van der Waals surface area (Å²) in [5.41, 5.74) is 4.26. The lowest BCUT2D eigenvalue weighted by Gasteiger charge is -2.31. The Morgan fingerprint density at radius 3 is 2.82 bits per heavy atom. The van der Waals surface area contributed by atoms with Crippen LogP contribution in [0, 0.1) is 13.8 Å². The summed E-state index contributed by atoms with van der Waals surface area (Å²) in [4.78, 5) is 14.4. The topological polar surface area (TPSA) is 78.8 Å². The second-order valence-corrected chi connectivity index (χ2v) is 5.94. The molecule has 1 saturated heterocycles. The lowest BCUT2D eigenvalue weighted by Crippen LogP contribution is -2.51. The molecular formula is C15H22N6O. The van der Waals surface area contributed by atoms with Crippen LogP contribution in [0.3, 0.4) is 0 Å². The highest BCUT2D eigenvalue weighted by Crippen LogP contribution is 2.25. The maximum atomic E-state index is 12.6. The maximum absolute atomic E-state index is 12.6. The summed E-state index contributed by atoms with van der Waals surface area (Å²) in [5, 5.41) is 14.9. The first-order valence-corrected chi connectivity index (χ1v) is 7.56. The van der Waals surface area contributed by atoms with E-state index in [2.05, 4.69) is 27.5 Å². The van der Waals surface area contributed by atoms with Crippen molar-refractivity contribution in [3.63, 3.8) is 0 Å². The first-order chi connectivity index (χ1) is 10.5. The molecule has 0 aromatic carbocycles. The van der Waals surface area contributed by atoms with Gasteiger partial charge in [-0.1, -0.05) is 0 Å². The molecule has 0 radical (unpaired) electrons. The normalized spacial score (nSPS) is 18.7. The predicted molar refractivity (Wildman–Crippen MR) is 83.6 cm³/mol. The average Bonchev–Trinajstić information content (AvgIpc) is 3.04. The molecule has 0 saturated carbocycles. The van der Waals surface area contributed by atoms with Crippen LogP contribution >= 0.6 is 0 Å². The third kappa shape index (κ3) is 2.52. The van der Waals surface area contributed by atoms with Gasteiger partial charge in [-0.3, -0.25) is 14.6 Å². The minimum atomic E-state index is 0.00583. The van der Waals surface area contributed by atoms with E-state index in [-0.39, 0.29) is 5.91 Å². The van der Waals surface area contributed by atoms with Crippen LogP contribution in [0.5, 0.6) is 0 Å². The van der Waals surface area contributed by atoms with Gasteiger partial charge in [-0.2, -0.15) is 10.2 Å². The van der Waals surface area contributed by atoms with Crippen molar-refractivity contribution in [2.45, 2.75) is 26.8 Å². The SMILES string of the molecule is Cc1nn(C)c(C)c1-c1cc(C(=O)N2CCNC(C)C2)[nH]n1. The molecule has 118 valence electrons. The average molecular weight is 302 g/mol. The van der Waals surface area contributed by atoms with Crippen molar-refractivity contribution >= 4 is 5.91 Å². The summed E-state index contributed by atoms with van der Waals surface area (Å²) in [6.07, 6.45) is 0. The fraction of sp³-hybridized carbons (Fsp3) is 0.533. The van der Waals surface area contributed by atoms with E-state index < -0.39 is 0 Å². The van der Waals surface area contributed by atoms with Gasteiger partial charge in [-0.15, -0.1) is 0 Å². The number of aromatic nitrogens is 4. The van der Waals surface area contributed by atoms with Gasteiger partial charge < -0.3 is 10.2 Å². The van der Waals surface area contributed by atoms with E-state index in [1.165, 1.54) is 0 Å². The van der Waals surface area contributed by atoms with Gasteiger partial charge in [-0.25, -0.2) is 0 Å². The molecule has 1 unspecified atom stereocenters. The third-order valence-electron chi connectivity index (χ3n) is 4.23. The highest BCUT2D eigenvalue weighted by molar-refractivity contribution is 5.93. The summed E-state index contributed by atoms with van der Waals surface area (Å²) in [5.74, 6) is 0.00583. The van der Waals surface area contributed by atoms with Crippen molar-refractivity contribution in [3.8, 4) is 11.3 Å². The molecule has 3 rings (SSSR count). The van der Waals surface area contributed by atoms with Crippen molar-refractivity contribution in [1.82, 2.24) is 30.2 Å². The van der Waals surface area contributed by atoms with Gasteiger partial charge >= 0.3 is 0 Å². The first-order valence-electron chi connectivity index (χ1n) is 7.56. The Balaban J connectivity index is 1.86. The number of hydrogen-bond donors (Lipinski definition) is 2. The Labute approximate surface area is 129 Å². The maximum Gasteiger partial charge on any atom is 0.271 e. The van der Waals surface area contributed by atoms with E-state index in [0.29, 0.717) is 11.7 Å². The molecule has 2 aromatic heterocycles. The van der Waals surface area contributed by atoms with Gasteiger partial charge in [0.05, 0.1) is 11.4 Å². The zero-order valence-electron chi connectivity index (χ0n) is 13.5. The fourth-order valence-electron chi connectivity index (χ4n) is 2.99. The minimum Gasteiger partial charge on any atom is -0.335 e. The van der Waals surface area contributed by atoms with Gasteiger partial charge in [0.25, 0.3) is 5.91 Å². The number of hydrogen-bond acceptors (Lipinski definition) is 4. The number of carbonyl (C=O) groups excluding carboxylic acids is 1. The van der Waals surface area contributed by atoms with E-state index in [1.54, 1.807) is 0 Å². The predicted octanol–water partition coefficient (Wildman–Crippen LogP) is 0.861. The molecule has 0 bridgehead atoms. The second-order valence-electron chi connectivity index (χ2n) is 5.94. The highest BCUT2D eigenvalue weighted by atomic mass is 16.2. The lowest BCUT2D eigenvalue weighted by molar-refractivity contribution is 0.0703. The molecule has 2 aromatic rings. The largest absolute Gasteiger partial charge is 0.335 e. The molecule has 3 heterocycles. The molecule has 1 amide bonds. The van der Waals surface area contributed by atoms with Gasteiger partial charge in [0.1, 0.15) is 5.69 Å². The van der Waals surface area contributed by atoms with E-state index in [9.17, 15) is 4.79 Å². The Kier molecular flexibility index (Phi) is 3.74. The zero-order chi connectivity index (χ0) is 15.9. The van der Waals surface area contributed by atoms with E-state index >= 15 is 0 Å². The molecule has 0 aliphatic carbocycles. The summed E-state index contributed by atoms with van der Waals surface area (Å²) < 4.78 is 1.83. The summed E-state index contributed by atoms with van der Waals surface area (Å²) in [6.45, 7) is 8.31. The summed E-state index contributed by atoms with van der Waals surface area (Å²) >= 11 is 0. The Hall–Kier alpha value is -2.15. The molecule has 7 nitrogen and oxygen atoms in total. The van der Waals surface area contributed by atoms with Crippen molar-refractivity contribution < 1.29 is 4.79 Å². The van der Waals surface area contributed by atoms with Crippen molar-refractivity contribution in [1.29, 1.82) is 0 Å². The number of aryl methyl sites for hydroxylation is 2. The summed E-state index contributed by atoms with van der Waals surface area (Å²) in [7, 11) is 1.91. The fourth-order valence-corrected chi connectivity index (χ4v) is 2.99. The van der Waals surface area contributed by atoms with Crippen LogP contribution in [-0.2, 0) is 7.05 Å². The molecule has 0 spiro atoms. The summed E-state index contributed by atoms with van der Waals surface area (Å²) in [6, 6.07) is 2.15. The molecule has 2 N–H and O–H groups in total. The van der Waals surface area contributed by atoms with E-state index in [0.717, 1.165) is 42.3 Å².